The first-order valence-corrected chi connectivity index (χ1v) is 12.5. The lowest BCUT2D eigenvalue weighted by atomic mass is 9.97. The van der Waals surface area contributed by atoms with Crippen LogP contribution >= 0.6 is 11.8 Å². The van der Waals surface area contributed by atoms with Crippen molar-refractivity contribution in [2.24, 2.45) is 0 Å². The van der Waals surface area contributed by atoms with E-state index in [9.17, 15) is 14.9 Å². The van der Waals surface area contributed by atoms with Crippen LogP contribution < -0.4 is 5.32 Å². The number of nitrogens with zero attached hydrogens (tertiary/aromatic N) is 1. The number of benzene rings is 3. The summed E-state index contributed by atoms with van der Waals surface area (Å²) < 4.78 is 5.37. The lowest BCUT2D eigenvalue weighted by molar-refractivity contribution is -0.120. The molecule has 0 aliphatic carbocycles. The van der Waals surface area contributed by atoms with Crippen molar-refractivity contribution in [1.29, 1.82) is 5.26 Å². The lowest BCUT2D eigenvalue weighted by Crippen LogP contribution is -2.45. The van der Waals surface area contributed by atoms with Crippen LogP contribution in [0.2, 0.25) is 0 Å². The van der Waals surface area contributed by atoms with E-state index in [1.54, 1.807) is 38.6 Å². The van der Waals surface area contributed by atoms with E-state index in [2.05, 4.69) is 23.5 Å². The summed E-state index contributed by atoms with van der Waals surface area (Å²) >= 11 is 1.59. The van der Waals surface area contributed by atoms with E-state index in [0.717, 1.165) is 21.8 Å². The number of amides is 1. The maximum absolute atomic E-state index is 13.3. The van der Waals surface area contributed by atoms with Gasteiger partial charge in [-0.25, -0.2) is 4.79 Å². The van der Waals surface area contributed by atoms with Crippen molar-refractivity contribution in [3.63, 3.8) is 0 Å². The molecule has 0 spiro atoms. The second-order valence-corrected chi connectivity index (χ2v) is 10.3. The fourth-order valence-electron chi connectivity index (χ4n) is 3.51. The van der Waals surface area contributed by atoms with Crippen LogP contribution in [0.3, 0.4) is 0 Å². The summed E-state index contributed by atoms with van der Waals surface area (Å²) in [7, 11) is 0. The van der Waals surface area contributed by atoms with Crippen LogP contribution in [-0.4, -0.2) is 23.5 Å². The Balaban J connectivity index is 1.72. The molecule has 0 aliphatic heterocycles. The molecule has 35 heavy (non-hydrogen) atoms. The van der Waals surface area contributed by atoms with Gasteiger partial charge in [-0.05, 0) is 56.0 Å². The highest BCUT2D eigenvalue weighted by Gasteiger charge is 2.25. The first-order valence-electron chi connectivity index (χ1n) is 11.5. The maximum Gasteiger partial charge on any atom is 0.408 e. The summed E-state index contributed by atoms with van der Waals surface area (Å²) in [6, 6.07) is 26.6. The van der Waals surface area contributed by atoms with Crippen molar-refractivity contribution >= 4 is 23.6 Å². The molecule has 0 heterocycles. The van der Waals surface area contributed by atoms with Gasteiger partial charge < -0.3 is 10.1 Å². The average Bonchev–Trinajstić information content (AvgIpc) is 2.83. The number of alkyl carbamates (subject to hydrolysis) is 1. The minimum absolute atomic E-state index is 0.103. The van der Waals surface area contributed by atoms with E-state index >= 15 is 0 Å². The van der Waals surface area contributed by atoms with Gasteiger partial charge in [0.05, 0.1) is 11.6 Å². The number of carbonyl (C=O) groups excluding carboxylic acids is 2. The predicted molar refractivity (Wildman–Crippen MR) is 139 cm³/mol. The zero-order valence-corrected chi connectivity index (χ0v) is 21.1. The molecule has 3 rings (SSSR count). The number of Topliss-reactive ketones (excluding diaryl/α,β-unsaturated/α-hetero) is 1. The van der Waals surface area contributed by atoms with E-state index in [0.29, 0.717) is 12.0 Å². The van der Waals surface area contributed by atoms with Crippen molar-refractivity contribution in [3.8, 4) is 6.07 Å². The van der Waals surface area contributed by atoms with Crippen LogP contribution in [0.4, 0.5) is 4.79 Å². The highest BCUT2D eigenvalue weighted by Crippen LogP contribution is 2.27. The molecule has 5 nitrogen and oxygen atoms in total. The summed E-state index contributed by atoms with van der Waals surface area (Å²) in [5, 5.41) is 12.4. The highest BCUT2D eigenvalue weighted by atomic mass is 32.2. The van der Waals surface area contributed by atoms with E-state index in [4.69, 9.17) is 4.74 Å². The number of nitrogens with one attached hydrogen (secondary N) is 1. The molecule has 0 aromatic heterocycles. The molecule has 180 valence electrons. The van der Waals surface area contributed by atoms with Crippen molar-refractivity contribution < 1.29 is 14.3 Å². The Bertz CT molecular complexity index is 1180. The Morgan fingerprint density at radius 3 is 2.17 bits per heavy atom. The van der Waals surface area contributed by atoms with Crippen LogP contribution in [0.1, 0.15) is 43.0 Å². The van der Waals surface area contributed by atoms with E-state index < -0.39 is 17.7 Å². The molecule has 1 N–H and O–H groups in total. The molecule has 6 heteroatoms. The Morgan fingerprint density at radius 1 is 0.943 bits per heavy atom. The van der Waals surface area contributed by atoms with E-state index in [1.807, 2.05) is 60.7 Å². The van der Waals surface area contributed by atoms with Gasteiger partial charge in [0.15, 0.2) is 5.78 Å². The molecule has 0 saturated heterocycles. The van der Waals surface area contributed by atoms with Gasteiger partial charge in [-0.15, -0.1) is 11.8 Å². The monoisotopic (exact) mass is 486 g/mol. The first-order chi connectivity index (χ1) is 16.7. The maximum atomic E-state index is 13.3. The summed E-state index contributed by atoms with van der Waals surface area (Å²) in [6.45, 7) is 5.34. The number of hydrogen-bond acceptors (Lipinski definition) is 5. The van der Waals surface area contributed by atoms with Gasteiger partial charge in [0.1, 0.15) is 11.7 Å². The lowest BCUT2D eigenvalue weighted by Gasteiger charge is -2.23. The number of hydrogen-bond donors (Lipinski definition) is 1. The zero-order valence-electron chi connectivity index (χ0n) is 20.3. The third-order valence-electron chi connectivity index (χ3n) is 5.14. The molecule has 0 fully saturated rings. The number of carbonyl (C=O) groups is 2. The quantitative estimate of drug-likeness (QED) is 0.370. The van der Waals surface area contributed by atoms with Gasteiger partial charge in [0.25, 0.3) is 0 Å². The summed E-state index contributed by atoms with van der Waals surface area (Å²) in [5.41, 5.74) is 2.72. The summed E-state index contributed by atoms with van der Waals surface area (Å²) in [6.07, 6.45) is -0.169. The molecular formula is C29H30N2O3S. The molecule has 0 radical (unpaired) electrons. The van der Waals surface area contributed by atoms with E-state index in [1.165, 1.54) is 5.56 Å². The topological polar surface area (TPSA) is 79.2 Å². The molecule has 3 aromatic rings. The van der Waals surface area contributed by atoms with Gasteiger partial charge >= 0.3 is 6.09 Å². The molecule has 1 amide bonds. The SMILES string of the molecule is CC(C)(C)OC(=O)N[C@@H](Cc1ccccc1)C(=O)Cc1ccc(SCc2ccccc2)c(C#N)c1. The van der Waals surface area contributed by atoms with Crippen molar-refractivity contribution in [3.05, 3.63) is 101 Å². The number of rotatable bonds is 9. The molecule has 1 atom stereocenters. The van der Waals surface area contributed by atoms with Crippen LogP contribution in [0.5, 0.6) is 0 Å². The number of thioether (sulfide) groups is 1. The van der Waals surface area contributed by atoms with Crippen LogP contribution in [0, 0.1) is 11.3 Å². The molecule has 3 aromatic carbocycles. The molecule has 0 unspecified atom stereocenters. The van der Waals surface area contributed by atoms with Crippen LogP contribution in [0.15, 0.2) is 83.8 Å². The number of ketones is 1. The second-order valence-electron chi connectivity index (χ2n) is 9.25. The van der Waals surface area contributed by atoms with Gasteiger partial charge in [0, 0.05) is 17.1 Å². The van der Waals surface area contributed by atoms with Gasteiger partial charge in [-0.3, -0.25) is 4.79 Å². The largest absolute Gasteiger partial charge is 0.444 e. The summed E-state index contributed by atoms with van der Waals surface area (Å²) in [5.74, 6) is 0.612. The van der Waals surface area contributed by atoms with Gasteiger partial charge in [-0.1, -0.05) is 66.7 Å². The smallest absolute Gasteiger partial charge is 0.408 e. The fraction of sp³-hybridized carbons (Fsp3) is 0.276. The normalized spacial score (nSPS) is 11.8. The molecule has 0 bridgehead atoms. The van der Waals surface area contributed by atoms with Crippen LogP contribution in [-0.2, 0) is 28.1 Å². The van der Waals surface area contributed by atoms with E-state index in [-0.39, 0.29) is 12.2 Å². The Hall–Kier alpha value is -3.56. The summed E-state index contributed by atoms with van der Waals surface area (Å²) in [4.78, 5) is 26.5. The third-order valence-corrected chi connectivity index (χ3v) is 6.29. The number of nitriles is 1. The second kappa shape index (κ2) is 12.2. The molecular weight excluding hydrogens is 456 g/mol. The molecule has 0 aliphatic rings. The van der Waals surface area contributed by atoms with Gasteiger partial charge in [0.2, 0.25) is 0 Å². The Labute approximate surface area is 211 Å². The average molecular weight is 487 g/mol. The van der Waals surface area contributed by atoms with Crippen molar-refractivity contribution in [1.82, 2.24) is 5.32 Å². The highest BCUT2D eigenvalue weighted by molar-refractivity contribution is 7.98. The Morgan fingerprint density at radius 2 is 1.57 bits per heavy atom. The van der Waals surface area contributed by atoms with Gasteiger partial charge in [-0.2, -0.15) is 5.26 Å². The van der Waals surface area contributed by atoms with Crippen LogP contribution in [0.25, 0.3) is 0 Å². The minimum atomic E-state index is -0.745. The minimum Gasteiger partial charge on any atom is -0.444 e. The van der Waals surface area contributed by atoms with Crippen molar-refractivity contribution in [2.45, 2.75) is 55.9 Å². The predicted octanol–water partition coefficient (Wildman–Crippen LogP) is 6.10. The third kappa shape index (κ3) is 8.62. The fourth-order valence-corrected chi connectivity index (χ4v) is 4.44. The molecule has 0 saturated carbocycles. The first kappa shape index (κ1) is 26.1. The Kier molecular flexibility index (Phi) is 9.11. The van der Waals surface area contributed by atoms with Crippen molar-refractivity contribution in [2.75, 3.05) is 0 Å². The number of ether oxygens (including phenoxy) is 1. The standard InChI is InChI=1S/C29H30N2O3S/c1-29(2,3)34-28(33)31-25(17-21-10-6-4-7-11-21)26(32)18-23-14-15-27(24(16-23)19-30)35-20-22-12-8-5-9-13-22/h4-16,25H,17-18,20H2,1-3H3,(H,31,33)/t25-/m0/s1. The zero-order chi connectivity index (χ0) is 25.3.